The number of aryl methyl sites for hydroxylation is 2. The lowest BCUT2D eigenvalue weighted by Crippen LogP contribution is -2.23. The van der Waals surface area contributed by atoms with E-state index in [1.54, 1.807) is 26.0 Å². The lowest BCUT2D eigenvalue weighted by molar-refractivity contribution is 0.390. The maximum atomic E-state index is 12.0. The van der Waals surface area contributed by atoms with Crippen molar-refractivity contribution in [3.05, 3.63) is 35.6 Å². The molecule has 0 aliphatic carbocycles. The number of furan rings is 1. The van der Waals surface area contributed by atoms with Gasteiger partial charge in [-0.15, -0.1) is 0 Å². The predicted molar refractivity (Wildman–Crippen MR) is 58.7 cm³/mol. The lowest BCUT2D eigenvalue weighted by Gasteiger charge is -2.03. The highest BCUT2D eigenvalue weighted by Gasteiger charge is 2.23. The van der Waals surface area contributed by atoms with Gasteiger partial charge in [-0.3, -0.25) is 0 Å². The fourth-order valence-electron chi connectivity index (χ4n) is 1.51. The van der Waals surface area contributed by atoms with E-state index in [1.807, 2.05) is 0 Å². The van der Waals surface area contributed by atoms with Crippen LogP contribution < -0.4 is 4.72 Å². The molecule has 0 aromatic carbocycles. The summed E-state index contributed by atoms with van der Waals surface area (Å²) in [4.78, 5) is 0.0871. The van der Waals surface area contributed by atoms with Gasteiger partial charge in [0.15, 0.2) is 5.76 Å². The molecule has 2 aromatic heterocycles. The molecular formula is C10H12N2O4S. The Bertz CT molecular complexity index is 579. The number of hydrogen-bond donors (Lipinski definition) is 1. The third-order valence-electron chi connectivity index (χ3n) is 2.25. The van der Waals surface area contributed by atoms with E-state index < -0.39 is 10.0 Å². The van der Waals surface area contributed by atoms with Crippen LogP contribution in [-0.4, -0.2) is 13.6 Å². The van der Waals surface area contributed by atoms with Crippen molar-refractivity contribution in [2.45, 2.75) is 25.3 Å². The van der Waals surface area contributed by atoms with Crippen LogP contribution in [-0.2, 0) is 16.6 Å². The minimum atomic E-state index is -3.62. The van der Waals surface area contributed by atoms with Gasteiger partial charge < -0.3 is 8.94 Å². The van der Waals surface area contributed by atoms with E-state index in [1.165, 1.54) is 6.26 Å². The molecule has 2 rings (SSSR count). The Morgan fingerprint density at radius 2 is 2.18 bits per heavy atom. The Hall–Kier alpha value is -1.60. The molecule has 0 saturated carbocycles. The molecule has 0 aliphatic heterocycles. The molecule has 0 bridgehead atoms. The maximum absolute atomic E-state index is 12.0. The quantitative estimate of drug-likeness (QED) is 0.892. The molecule has 2 aromatic rings. The number of rotatable bonds is 4. The molecule has 0 unspecified atom stereocenters. The average Bonchev–Trinajstić information content (AvgIpc) is 2.86. The summed E-state index contributed by atoms with van der Waals surface area (Å²) in [5, 5.41) is 3.61. The maximum Gasteiger partial charge on any atom is 0.246 e. The molecule has 6 nitrogen and oxygen atoms in total. The van der Waals surface area contributed by atoms with Gasteiger partial charge >= 0.3 is 0 Å². The van der Waals surface area contributed by atoms with Crippen LogP contribution in [0.5, 0.6) is 0 Å². The first kappa shape index (κ1) is 11.9. The molecule has 7 heteroatoms. The van der Waals surface area contributed by atoms with E-state index in [4.69, 9.17) is 8.94 Å². The number of nitrogens with one attached hydrogen (secondary N) is 1. The zero-order chi connectivity index (χ0) is 12.5. The number of nitrogens with zero attached hydrogens (tertiary/aromatic N) is 1. The van der Waals surface area contributed by atoms with Crippen LogP contribution in [0.15, 0.2) is 32.2 Å². The molecule has 0 atom stereocenters. The molecule has 0 spiro atoms. The predicted octanol–water partition coefficient (Wildman–Crippen LogP) is 1.36. The third-order valence-corrected chi connectivity index (χ3v) is 3.90. The van der Waals surface area contributed by atoms with Crippen molar-refractivity contribution in [2.24, 2.45) is 0 Å². The largest absolute Gasteiger partial charge is 0.468 e. The van der Waals surface area contributed by atoms with E-state index in [0.717, 1.165) is 0 Å². The summed E-state index contributed by atoms with van der Waals surface area (Å²) >= 11 is 0. The van der Waals surface area contributed by atoms with Crippen molar-refractivity contribution in [1.82, 2.24) is 9.88 Å². The van der Waals surface area contributed by atoms with Gasteiger partial charge in [-0.1, -0.05) is 5.16 Å². The van der Waals surface area contributed by atoms with Crippen LogP contribution in [0.4, 0.5) is 0 Å². The van der Waals surface area contributed by atoms with Crippen LogP contribution in [0.2, 0.25) is 0 Å². The van der Waals surface area contributed by atoms with E-state index in [9.17, 15) is 8.42 Å². The first-order valence-electron chi connectivity index (χ1n) is 4.95. The number of hydrogen-bond acceptors (Lipinski definition) is 5. The van der Waals surface area contributed by atoms with Crippen molar-refractivity contribution in [2.75, 3.05) is 0 Å². The van der Waals surface area contributed by atoms with E-state index >= 15 is 0 Å². The van der Waals surface area contributed by atoms with Crippen molar-refractivity contribution >= 4 is 10.0 Å². The summed E-state index contributed by atoms with van der Waals surface area (Å²) in [7, 11) is -3.62. The van der Waals surface area contributed by atoms with Gasteiger partial charge in [0.2, 0.25) is 10.0 Å². The van der Waals surface area contributed by atoms with Crippen LogP contribution >= 0.6 is 0 Å². The smallest absolute Gasteiger partial charge is 0.246 e. The third kappa shape index (κ3) is 2.40. The van der Waals surface area contributed by atoms with Gasteiger partial charge in [0.05, 0.1) is 12.8 Å². The van der Waals surface area contributed by atoms with Crippen molar-refractivity contribution in [3.63, 3.8) is 0 Å². The fourth-order valence-corrected chi connectivity index (χ4v) is 2.83. The van der Waals surface area contributed by atoms with Gasteiger partial charge in [-0.2, -0.15) is 0 Å². The fraction of sp³-hybridized carbons (Fsp3) is 0.300. The van der Waals surface area contributed by atoms with Gasteiger partial charge in [0.25, 0.3) is 0 Å². The van der Waals surface area contributed by atoms with Crippen molar-refractivity contribution in [3.8, 4) is 0 Å². The molecule has 92 valence electrons. The van der Waals surface area contributed by atoms with Crippen molar-refractivity contribution in [1.29, 1.82) is 0 Å². The van der Waals surface area contributed by atoms with Crippen LogP contribution in [0.25, 0.3) is 0 Å². The van der Waals surface area contributed by atoms with Gasteiger partial charge in [0, 0.05) is 0 Å². The summed E-state index contributed by atoms with van der Waals surface area (Å²) in [6.07, 6.45) is 1.49. The van der Waals surface area contributed by atoms with E-state index in [-0.39, 0.29) is 17.2 Å². The zero-order valence-corrected chi connectivity index (χ0v) is 10.2. The Morgan fingerprint density at radius 3 is 2.71 bits per heavy atom. The average molecular weight is 256 g/mol. The molecule has 0 amide bonds. The summed E-state index contributed by atoms with van der Waals surface area (Å²) < 4.78 is 36.2. The SMILES string of the molecule is Cc1noc(C)c1S(=O)(=O)NCc1ccco1. The van der Waals surface area contributed by atoms with Gasteiger partial charge in [0.1, 0.15) is 16.3 Å². The molecule has 0 saturated heterocycles. The van der Waals surface area contributed by atoms with Crippen LogP contribution in [0.3, 0.4) is 0 Å². The molecule has 17 heavy (non-hydrogen) atoms. The first-order chi connectivity index (χ1) is 8.00. The Kier molecular flexibility index (Phi) is 3.03. The zero-order valence-electron chi connectivity index (χ0n) is 9.43. The monoisotopic (exact) mass is 256 g/mol. The topological polar surface area (TPSA) is 85.3 Å². The normalized spacial score (nSPS) is 11.9. The van der Waals surface area contributed by atoms with Gasteiger partial charge in [-0.05, 0) is 26.0 Å². The molecule has 0 aliphatic rings. The first-order valence-corrected chi connectivity index (χ1v) is 6.44. The number of aromatic nitrogens is 1. The van der Waals surface area contributed by atoms with Crippen molar-refractivity contribution < 1.29 is 17.4 Å². The summed E-state index contributed by atoms with van der Waals surface area (Å²) in [5.74, 6) is 0.815. The highest BCUT2D eigenvalue weighted by molar-refractivity contribution is 7.89. The minimum Gasteiger partial charge on any atom is -0.468 e. The second kappa shape index (κ2) is 4.34. The Balaban J connectivity index is 2.20. The standard InChI is InChI=1S/C10H12N2O4S/c1-7-10(8(2)16-12-7)17(13,14)11-6-9-4-3-5-15-9/h3-5,11H,6H2,1-2H3. The molecule has 0 fully saturated rings. The second-order valence-electron chi connectivity index (χ2n) is 3.56. The molecule has 2 heterocycles. The lowest BCUT2D eigenvalue weighted by atomic mass is 10.4. The summed E-state index contributed by atoms with van der Waals surface area (Å²) in [6, 6.07) is 3.38. The highest BCUT2D eigenvalue weighted by atomic mass is 32.2. The Morgan fingerprint density at radius 1 is 1.41 bits per heavy atom. The van der Waals surface area contributed by atoms with Crippen LogP contribution in [0.1, 0.15) is 17.2 Å². The summed E-state index contributed by atoms with van der Waals surface area (Å²) in [6.45, 7) is 3.23. The van der Waals surface area contributed by atoms with Gasteiger partial charge in [-0.25, -0.2) is 13.1 Å². The molecule has 0 radical (unpaired) electrons. The van der Waals surface area contributed by atoms with Crippen LogP contribution in [0, 0.1) is 13.8 Å². The minimum absolute atomic E-state index is 0.0871. The molecule has 1 N–H and O–H groups in total. The van der Waals surface area contributed by atoms with E-state index in [2.05, 4.69) is 9.88 Å². The van der Waals surface area contributed by atoms with E-state index in [0.29, 0.717) is 11.5 Å². The Labute approximate surface area is 98.7 Å². The second-order valence-corrected chi connectivity index (χ2v) is 5.26. The highest BCUT2D eigenvalue weighted by Crippen LogP contribution is 2.18. The molecular weight excluding hydrogens is 244 g/mol. The number of sulfonamides is 1. The summed E-state index contributed by atoms with van der Waals surface area (Å²) in [5.41, 5.74) is 0.342.